The number of halogens is 1. The van der Waals surface area contributed by atoms with E-state index >= 15 is 0 Å². The lowest BCUT2D eigenvalue weighted by Crippen LogP contribution is -2.20. The minimum Gasteiger partial charge on any atom is -0.481 e. The van der Waals surface area contributed by atoms with E-state index in [9.17, 15) is 24.2 Å². The van der Waals surface area contributed by atoms with Gasteiger partial charge in [0, 0.05) is 35.0 Å². The summed E-state index contributed by atoms with van der Waals surface area (Å²) in [6.07, 6.45) is 0.0955. The van der Waals surface area contributed by atoms with Crippen molar-refractivity contribution < 1.29 is 29.3 Å². The van der Waals surface area contributed by atoms with Crippen LogP contribution >= 0.6 is 0 Å². The Kier molecular flexibility index (Phi) is 9.49. The number of anilines is 1. The van der Waals surface area contributed by atoms with Gasteiger partial charge in [-0.3, -0.25) is 9.59 Å². The quantitative estimate of drug-likeness (QED) is 0.171. The van der Waals surface area contributed by atoms with Gasteiger partial charge in [0.1, 0.15) is 11.5 Å². The molecule has 0 aliphatic rings. The van der Waals surface area contributed by atoms with Crippen LogP contribution in [0.4, 0.5) is 10.1 Å². The maximum atomic E-state index is 14.0. The van der Waals surface area contributed by atoms with Crippen molar-refractivity contribution in [1.29, 1.82) is 0 Å². The third-order valence-electron chi connectivity index (χ3n) is 6.60. The number of nitrogens with zero attached hydrogens (tertiary/aromatic N) is 1. The van der Waals surface area contributed by atoms with Crippen LogP contribution in [-0.4, -0.2) is 44.0 Å². The molecule has 0 aliphatic carbocycles. The Labute approximate surface area is 238 Å². The summed E-state index contributed by atoms with van der Waals surface area (Å²) in [5.74, 6) is -1.91. The third kappa shape index (κ3) is 7.16. The van der Waals surface area contributed by atoms with Crippen molar-refractivity contribution in [3.63, 3.8) is 0 Å². The molecule has 4 N–H and O–H groups in total. The first-order chi connectivity index (χ1) is 19.7. The molecule has 0 saturated carbocycles. The van der Waals surface area contributed by atoms with E-state index in [0.717, 1.165) is 5.56 Å². The molecule has 7 nitrogen and oxygen atoms in total. The number of carbonyl (C=O) groups excluding carboxylic acids is 1. The van der Waals surface area contributed by atoms with Gasteiger partial charge in [0.25, 0.3) is 5.91 Å². The number of hydrogen-bond donors (Lipinski definition) is 4. The fraction of sp³-hybridized carbons (Fsp3) is 0.212. The van der Waals surface area contributed by atoms with E-state index < -0.39 is 30.4 Å². The van der Waals surface area contributed by atoms with Gasteiger partial charge >= 0.3 is 5.97 Å². The summed E-state index contributed by atoms with van der Waals surface area (Å²) in [6.45, 7) is 3.87. The molecule has 1 heterocycles. The standard InChI is InChI=1S/C33H33FN2O5/c1-21(2)36-28(18-17-26(37)19-27(38)20-29(39)40)30(23-13-15-24(34)16-14-23)31(22-9-5-3-6-10-22)32(36)33(41)35-25-11-7-4-8-12-25/h3-18,21,26-27,37-38H,19-20H2,1-2H3,(H,35,41)(H,39,40)/t26-,27-/m1/s1. The van der Waals surface area contributed by atoms with Crippen molar-refractivity contribution in [2.45, 2.75) is 44.9 Å². The van der Waals surface area contributed by atoms with Crippen molar-refractivity contribution in [2.75, 3.05) is 5.32 Å². The molecule has 212 valence electrons. The minimum atomic E-state index is -1.23. The lowest BCUT2D eigenvalue weighted by molar-refractivity contribution is -0.139. The van der Waals surface area contributed by atoms with Crippen LogP contribution in [-0.2, 0) is 4.79 Å². The molecule has 0 saturated heterocycles. The first-order valence-electron chi connectivity index (χ1n) is 13.4. The Morgan fingerprint density at radius 2 is 1.46 bits per heavy atom. The van der Waals surface area contributed by atoms with Crippen LogP contribution in [0.25, 0.3) is 28.3 Å². The second kappa shape index (κ2) is 13.2. The van der Waals surface area contributed by atoms with Gasteiger partial charge in [0.2, 0.25) is 0 Å². The summed E-state index contributed by atoms with van der Waals surface area (Å²) in [7, 11) is 0. The minimum absolute atomic E-state index is 0.177. The monoisotopic (exact) mass is 556 g/mol. The van der Waals surface area contributed by atoms with E-state index in [2.05, 4.69) is 5.32 Å². The van der Waals surface area contributed by atoms with E-state index in [1.807, 2.05) is 66.9 Å². The summed E-state index contributed by atoms with van der Waals surface area (Å²) >= 11 is 0. The molecule has 41 heavy (non-hydrogen) atoms. The Hall–Kier alpha value is -4.53. The molecule has 3 aromatic carbocycles. The normalized spacial score (nSPS) is 12.9. The maximum Gasteiger partial charge on any atom is 0.305 e. The highest BCUT2D eigenvalue weighted by Gasteiger charge is 2.29. The van der Waals surface area contributed by atoms with E-state index in [0.29, 0.717) is 33.8 Å². The zero-order valence-electron chi connectivity index (χ0n) is 22.9. The van der Waals surface area contributed by atoms with Gasteiger partial charge in [0.15, 0.2) is 0 Å². The van der Waals surface area contributed by atoms with Crippen molar-refractivity contribution in [3.05, 3.63) is 108 Å². The fourth-order valence-electron chi connectivity index (χ4n) is 4.88. The highest BCUT2D eigenvalue weighted by atomic mass is 19.1. The van der Waals surface area contributed by atoms with Crippen LogP contribution in [0.2, 0.25) is 0 Å². The van der Waals surface area contributed by atoms with Crippen molar-refractivity contribution >= 4 is 23.6 Å². The number of benzene rings is 3. The van der Waals surface area contributed by atoms with E-state index in [4.69, 9.17) is 5.11 Å². The van der Waals surface area contributed by atoms with Crippen LogP contribution in [0.1, 0.15) is 48.9 Å². The predicted octanol–water partition coefficient (Wildman–Crippen LogP) is 6.39. The Morgan fingerprint density at radius 3 is 2.05 bits per heavy atom. The number of carboxylic acid groups (broad SMARTS) is 1. The van der Waals surface area contributed by atoms with E-state index in [-0.39, 0.29) is 18.4 Å². The smallest absolute Gasteiger partial charge is 0.305 e. The molecule has 0 fully saturated rings. The van der Waals surface area contributed by atoms with E-state index in [1.165, 1.54) is 18.2 Å². The number of nitrogens with one attached hydrogen (secondary N) is 1. The lowest BCUT2D eigenvalue weighted by Gasteiger charge is -2.17. The zero-order chi connectivity index (χ0) is 29.5. The fourth-order valence-corrected chi connectivity index (χ4v) is 4.88. The molecular weight excluding hydrogens is 523 g/mol. The van der Waals surface area contributed by atoms with Gasteiger partial charge in [-0.25, -0.2) is 4.39 Å². The second-order valence-electron chi connectivity index (χ2n) is 10.1. The molecule has 0 bridgehead atoms. The molecule has 4 aromatic rings. The second-order valence-corrected chi connectivity index (χ2v) is 10.1. The van der Waals surface area contributed by atoms with E-state index in [1.54, 1.807) is 30.3 Å². The summed E-state index contributed by atoms with van der Waals surface area (Å²) < 4.78 is 15.9. The number of hydrogen-bond acceptors (Lipinski definition) is 4. The Bertz CT molecular complexity index is 1510. The number of carbonyl (C=O) groups is 2. The number of aliphatic carboxylic acids is 1. The molecule has 2 atom stereocenters. The van der Waals surface area contributed by atoms with Crippen LogP contribution < -0.4 is 5.32 Å². The van der Waals surface area contributed by atoms with Crippen molar-refractivity contribution in [2.24, 2.45) is 0 Å². The van der Waals surface area contributed by atoms with Gasteiger partial charge in [-0.05, 0) is 55.3 Å². The van der Waals surface area contributed by atoms with Gasteiger partial charge in [-0.15, -0.1) is 0 Å². The molecule has 8 heteroatoms. The number of aliphatic hydroxyl groups excluding tert-OH is 2. The summed E-state index contributed by atoms with van der Waals surface area (Å²) in [6, 6.07) is 24.3. The number of para-hydroxylation sites is 1. The number of aliphatic hydroxyl groups is 2. The molecule has 4 rings (SSSR count). The molecule has 0 radical (unpaired) electrons. The first kappa shape index (κ1) is 29.5. The summed E-state index contributed by atoms with van der Waals surface area (Å²) in [5.41, 5.74) is 4.34. The van der Waals surface area contributed by atoms with Crippen LogP contribution in [0.5, 0.6) is 0 Å². The molecule has 0 aliphatic heterocycles. The Balaban J connectivity index is 1.96. The first-order valence-corrected chi connectivity index (χ1v) is 13.4. The maximum absolute atomic E-state index is 14.0. The average molecular weight is 557 g/mol. The van der Waals surface area contributed by atoms with Gasteiger partial charge in [-0.2, -0.15) is 0 Å². The van der Waals surface area contributed by atoms with Crippen LogP contribution in [0.3, 0.4) is 0 Å². The molecule has 1 aromatic heterocycles. The number of rotatable bonds is 11. The van der Waals surface area contributed by atoms with Crippen LogP contribution in [0.15, 0.2) is 91.0 Å². The third-order valence-corrected chi connectivity index (χ3v) is 6.60. The number of amides is 1. The SMILES string of the molecule is CC(C)n1c(C=C[C@@H](O)C[C@@H](O)CC(=O)O)c(-c2ccc(F)cc2)c(-c2ccccc2)c1C(=O)Nc1ccccc1. The van der Waals surface area contributed by atoms with Crippen molar-refractivity contribution in [3.8, 4) is 22.3 Å². The largest absolute Gasteiger partial charge is 0.481 e. The molecule has 0 spiro atoms. The molecule has 0 unspecified atom stereocenters. The highest BCUT2D eigenvalue weighted by molar-refractivity contribution is 6.11. The van der Waals surface area contributed by atoms with Gasteiger partial charge < -0.3 is 25.2 Å². The lowest BCUT2D eigenvalue weighted by atomic mass is 9.94. The average Bonchev–Trinajstić information content (AvgIpc) is 3.28. The number of aromatic nitrogens is 1. The Morgan fingerprint density at radius 1 is 0.878 bits per heavy atom. The highest BCUT2D eigenvalue weighted by Crippen LogP contribution is 2.42. The summed E-state index contributed by atoms with van der Waals surface area (Å²) in [4.78, 5) is 25.0. The molecule has 1 amide bonds. The molecular formula is C33H33FN2O5. The van der Waals surface area contributed by atoms with Crippen LogP contribution in [0, 0.1) is 5.82 Å². The van der Waals surface area contributed by atoms with Gasteiger partial charge in [-0.1, -0.05) is 66.7 Å². The summed E-state index contributed by atoms with van der Waals surface area (Å²) in [5, 5.41) is 32.6. The van der Waals surface area contributed by atoms with Gasteiger partial charge in [0.05, 0.1) is 18.6 Å². The number of carboxylic acids is 1. The predicted molar refractivity (Wildman–Crippen MR) is 158 cm³/mol. The zero-order valence-corrected chi connectivity index (χ0v) is 22.9. The topological polar surface area (TPSA) is 112 Å². The van der Waals surface area contributed by atoms with Crippen molar-refractivity contribution in [1.82, 2.24) is 4.57 Å².